The minimum atomic E-state index is -3.65. The molecule has 1 aliphatic heterocycles. The van der Waals surface area contributed by atoms with Gasteiger partial charge in [-0.15, -0.1) is 0 Å². The van der Waals surface area contributed by atoms with E-state index in [0.29, 0.717) is 13.1 Å². The standard InChI is InChI=1S/C16H23FN2O3S/c1-11-9-19(10-12(2)18-11)16(20)8-13(3)23(21,22)15-6-4-14(17)5-7-15/h4-7,11-13,18H,8-10H2,1-3H3/t11-,12+,13-/m1/s1. The molecule has 2 rings (SSSR count). The summed E-state index contributed by atoms with van der Waals surface area (Å²) in [5, 5.41) is 2.48. The zero-order valence-electron chi connectivity index (χ0n) is 13.6. The van der Waals surface area contributed by atoms with Crippen LogP contribution in [-0.2, 0) is 14.6 Å². The summed E-state index contributed by atoms with van der Waals surface area (Å²) in [6.07, 6.45) is -0.0703. The van der Waals surface area contributed by atoms with Crippen molar-refractivity contribution in [2.45, 2.75) is 49.4 Å². The second-order valence-corrected chi connectivity index (χ2v) is 8.65. The third-order valence-electron chi connectivity index (χ3n) is 4.04. The van der Waals surface area contributed by atoms with Gasteiger partial charge in [-0.05, 0) is 45.0 Å². The monoisotopic (exact) mass is 342 g/mol. The quantitative estimate of drug-likeness (QED) is 0.844. The van der Waals surface area contributed by atoms with Gasteiger partial charge >= 0.3 is 0 Å². The van der Waals surface area contributed by atoms with Crippen molar-refractivity contribution in [3.8, 4) is 0 Å². The fourth-order valence-corrected chi connectivity index (χ4v) is 4.21. The highest BCUT2D eigenvalue weighted by atomic mass is 32.2. The first-order valence-electron chi connectivity index (χ1n) is 7.73. The maximum Gasteiger partial charge on any atom is 0.223 e. The van der Waals surface area contributed by atoms with Gasteiger partial charge in [0.2, 0.25) is 5.91 Å². The predicted molar refractivity (Wildman–Crippen MR) is 86.3 cm³/mol. The average Bonchev–Trinajstić information content (AvgIpc) is 2.46. The predicted octanol–water partition coefficient (Wildman–Crippen LogP) is 1.59. The number of sulfone groups is 1. The Kier molecular flexibility index (Phi) is 5.41. The molecular formula is C16H23FN2O3S. The van der Waals surface area contributed by atoms with E-state index < -0.39 is 20.9 Å². The molecule has 5 nitrogen and oxygen atoms in total. The molecule has 0 radical (unpaired) electrons. The Hall–Kier alpha value is -1.47. The number of halogens is 1. The Morgan fingerprint density at radius 2 is 1.78 bits per heavy atom. The molecule has 1 saturated heterocycles. The largest absolute Gasteiger partial charge is 0.340 e. The van der Waals surface area contributed by atoms with E-state index >= 15 is 0 Å². The molecule has 1 amide bonds. The summed E-state index contributed by atoms with van der Waals surface area (Å²) in [4.78, 5) is 14.2. The van der Waals surface area contributed by atoms with Crippen LogP contribution in [0.15, 0.2) is 29.2 Å². The van der Waals surface area contributed by atoms with E-state index in [1.165, 1.54) is 19.1 Å². The number of nitrogens with zero attached hydrogens (tertiary/aromatic N) is 1. The highest BCUT2D eigenvalue weighted by molar-refractivity contribution is 7.92. The molecule has 1 aromatic rings. The van der Waals surface area contributed by atoms with E-state index in [9.17, 15) is 17.6 Å². The van der Waals surface area contributed by atoms with Gasteiger partial charge < -0.3 is 10.2 Å². The summed E-state index contributed by atoms with van der Waals surface area (Å²) in [5.74, 6) is -0.653. The first-order chi connectivity index (χ1) is 10.7. The van der Waals surface area contributed by atoms with Crippen LogP contribution in [0.25, 0.3) is 0 Å². The third kappa shape index (κ3) is 4.29. The molecule has 0 unspecified atom stereocenters. The van der Waals surface area contributed by atoms with Crippen LogP contribution >= 0.6 is 0 Å². The molecule has 0 spiro atoms. The van der Waals surface area contributed by atoms with Gasteiger partial charge in [0.25, 0.3) is 0 Å². The van der Waals surface area contributed by atoms with Crippen molar-refractivity contribution in [3.05, 3.63) is 30.1 Å². The maximum atomic E-state index is 12.9. The van der Waals surface area contributed by atoms with Crippen LogP contribution in [0.3, 0.4) is 0 Å². The highest BCUT2D eigenvalue weighted by Gasteiger charge is 2.30. The molecule has 0 bridgehead atoms. The summed E-state index contributed by atoms with van der Waals surface area (Å²) in [6, 6.07) is 5.07. The zero-order chi connectivity index (χ0) is 17.2. The number of hydrogen-bond acceptors (Lipinski definition) is 4. The lowest BCUT2D eigenvalue weighted by Gasteiger charge is -2.36. The lowest BCUT2D eigenvalue weighted by Crippen LogP contribution is -2.56. The molecule has 7 heteroatoms. The number of piperazine rings is 1. The Morgan fingerprint density at radius 1 is 1.26 bits per heavy atom. The molecule has 1 heterocycles. The number of nitrogens with one attached hydrogen (secondary N) is 1. The SMILES string of the molecule is C[C@@H]1CN(C(=O)C[C@@H](C)S(=O)(=O)c2ccc(F)cc2)C[C@H](C)N1. The van der Waals surface area contributed by atoms with Crippen molar-refractivity contribution in [3.63, 3.8) is 0 Å². The van der Waals surface area contributed by atoms with E-state index in [2.05, 4.69) is 5.32 Å². The van der Waals surface area contributed by atoms with Gasteiger partial charge in [-0.3, -0.25) is 4.79 Å². The van der Waals surface area contributed by atoms with Crippen molar-refractivity contribution >= 4 is 15.7 Å². The van der Waals surface area contributed by atoms with E-state index in [1.54, 1.807) is 4.90 Å². The highest BCUT2D eigenvalue weighted by Crippen LogP contribution is 2.20. The number of amides is 1. The second kappa shape index (κ2) is 6.97. The van der Waals surface area contributed by atoms with E-state index in [0.717, 1.165) is 12.1 Å². The Bertz CT molecular complexity index is 650. The van der Waals surface area contributed by atoms with Gasteiger partial charge in [-0.2, -0.15) is 0 Å². The molecule has 0 saturated carbocycles. The van der Waals surface area contributed by atoms with Crippen LogP contribution in [0.2, 0.25) is 0 Å². The Labute approximate surface area is 136 Å². The summed E-state index contributed by atoms with van der Waals surface area (Å²) in [7, 11) is -3.65. The van der Waals surface area contributed by atoms with Crippen LogP contribution < -0.4 is 5.32 Å². The van der Waals surface area contributed by atoms with Crippen molar-refractivity contribution in [1.82, 2.24) is 10.2 Å². The summed E-state index contributed by atoms with van der Waals surface area (Å²) < 4.78 is 37.9. The van der Waals surface area contributed by atoms with Crippen molar-refractivity contribution in [2.24, 2.45) is 0 Å². The first kappa shape index (κ1) is 17.9. The normalized spacial score (nSPS) is 23.6. The van der Waals surface area contributed by atoms with Gasteiger partial charge in [0.05, 0.1) is 10.1 Å². The molecule has 23 heavy (non-hydrogen) atoms. The van der Waals surface area contributed by atoms with Gasteiger partial charge in [-0.1, -0.05) is 0 Å². The molecule has 0 aliphatic carbocycles. The van der Waals surface area contributed by atoms with Gasteiger partial charge in [0.1, 0.15) is 5.82 Å². The topological polar surface area (TPSA) is 66.5 Å². The van der Waals surface area contributed by atoms with Crippen molar-refractivity contribution in [2.75, 3.05) is 13.1 Å². The number of hydrogen-bond donors (Lipinski definition) is 1. The third-order valence-corrected chi connectivity index (χ3v) is 6.20. The maximum absolute atomic E-state index is 12.9. The fraction of sp³-hybridized carbons (Fsp3) is 0.562. The summed E-state index contributed by atoms with van der Waals surface area (Å²) in [5.41, 5.74) is 0. The van der Waals surface area contributed by atoms with E-state index in [1.807, 2.05) is 13.8 Å². The summed E-state index contributed by atoms with van der Waals surface area (Å²) in [6.45, 7) is 6.66. The molecule has 1 N–H and O–H groups in total. The lowest BCUT2D eigenvalue weighted by atomic mass is 10.1. The number of carbonyl (C=O) groups is 1. The molecule has 1 fully saturated rings. The number of rotatable bonds is 4. The molecule has 0 aromatic heterocycles. The molecular weight excluding hydrogens is 319 g/mol. The smallest absolute Gasteiger partial charge is 0.223 e. The van der Waals surface area contributed by atoms with Gasteiger partial charge in [0, 0.05) is 31.6 Å². The van der Waals surface area contributed by atoms with Crippen molar-refractivity contribution < 1.29 is 17.6 Å². The molecule has 1 aliphatic rings. The van der Waals surface area contributed by atoms with Gasteiger partial charge in [-0.25, -0.2) is 12.8 Å². The van der Waals surface area contributed by atoms with Crippen molar-refractivity contribution in [1.29, 1.82) is 0 Å². The minimum absolute atomic E-state index is 0.0428. The van der Waals surface area contributed by atoms with Crippen LogP contribution in [0.5, 0.6) is 0 Å². The molecule has 1 aromatic carbocycles. The Morgan fingerprint density at radius 3 is 2.30 bits per heavy atom. The van der Waals surface area contributed by atoms with Gasteiger partial charge in [0.15, 0.2) is 9.84 Å². The minimum Gasteiger partial charge on any atom is -0.340 e. The van der Waals surface area contributed by atoms with E-state index in [4.69, 9.17) is 0 Å². The number of benzene rings is 1. The zero-order valence-corrected chi connectivity index (χ0v) is 14.4. The fourth-order valence-electron chi connectivity index (χ4n) is 2.87. The molecule has 3 atom stereocenters. The van der Waals surface area contributed by atoms with Crippen LogP contribution in [-0.4, -0.2) is 49.6 Å². The van der Waals surface area contributed by atoms with Crippen LogP contribution in [0.1, 0.15) is 27.2 Å². The Balaban J connectivity index is 2.06. The van der Waals surface area contributed by atoms with Crippen LogP contribution in [0.4, 0.5) is 4.39 Å². The molecule has 128 valence electrons. The van der Waals surface area contributed by atoms with Crippen LogP contribution in [0, 0.1) is 5.82 Å². The average molecular weight is 342 g/mol. The second-order valence-electron chi connectivity index (χ2n) is 6.28. The van der Waals surface area contributed by atoms with E-state index in [-0.39, 0.29) is 29.3 Å². The first-order valence-corrected chi connectivity index (χ1v) is 9.28. The lowest BCUT2D eigenvalue weighted by molar-refractivity contribution is -0.132. The summed E-state index contributed by atoms with van der Waals surface area (Å²) >= 11 is 0. The number of carbonyl (C=O) groups excluding carboxylic acids is 1.